The van der Waals surface area contributed by atoms with Gasteiger partial charge in [0.25, 0.3) is 0 Å². The Morgan fingerprint density at radius 1 is 0.816 bits per heavy atom. The standard InChI is InChI=1S/C39H34F2N6O2/c1-49-38(48)32-24-17-19-25(20-18-24)33(32)44-35-31(41)23-42-36(45-35)34-30-21-29(40)22-43-37(30)47(46-34)39(26-11-5-2-6-12-26,27-13-7-3-8-14-27)28-15-9-4-10-16-28/h2-16,21-25,32-33H,17-20H2,1H3,(H,42,44,45). The van der Waals surface area contributed by atoms with Crippen molar-refractivity contribution in [2.75, 3.05) is 12.4 Å². The van der Waals surface area contributed by atoms with E-state index >= 15 is 8.78 Å². The molecule has 10 heteroatoms. The molecule has 2 unspecified atom stereocenters. The molecule has 3 saturated carbocycles. The van der Waals surface area contributed by atoms with Crippen LogP contribution >= 0.6 is 0 Å². The van der Waals surface area contributed by atoms with Crippen LogP contribution in [0.15, 0.2) is 109 Å². The fraction of sp³-hybridized carbons (Fsp3) is 0.256. The van der Waals surface area contributed by atoms with Gasteiger partial charge >= 0.3 is 5.97 Å². The van der Waals surface area contributed by atoms with Crippen molar-refractivity contribution in [3.63, 3.8) is 0 Å². The van der Waals surface area contributed by atoms with Crippen molar-refractivity contribution in [1.82, 2.24) is 24.7 Å². The van der Waals surface area contributed by atoms with Crippen LogP contribution in [0.1, 0.15) is 42.4 Å². The van der Waals surface area contributed by atoms with Crippen molar-refractivity contribution < 1.29 is 18.3 Å². The first-order valence-electron chi connectivity index (χ1n) is 16.6. The van der Waals surface area contributed by atoms with Gasteiger partial charge in [0.15, 0.2) is 23.1 Å². The molecule has 3 aliphatic carbocycles. The van der Waals surface area contributed by atoms with Gasteiger partial charge < -0.3 is 10.1 Å². The molecule has 6 aromatic rings. The Bertz CT molecular complexity index is 2020. The highest BCUT2D eigenvalue weighted by molar-refractivity contribution is 5.90. The third-order valence-electron chi connectivity index (χ3n) is 10.3. The maximum atomic E-state index is 15.5. The molecular formula is C39H34F2N6O2. The second-order valence-electron chi connectivity index (χ2n) is 12.9. The Labute approximate surface area is 282 Å². The molecule has 0 aliphatic heterocycles. The number of hydrogen-bond acceptors (Lipinski definition) is 7. The van der Waals surface area contributed by atoms with Gasteiger partial charge in [-0.2, -0.15) is 5.10 Å². The number of nitrogens with zero attached hydrogens (tertiary/aromatic N) is 5. The summed E-state index contributed by atoms with van der Waals surface area (Å²) in [5.74, 6) is -1.53. The highest BCUT2D eigenvalue weighted by atomic mass is 19.1. The SMILES string of the molecule is COC(=O)C1C2CCC(CC2)C1Nc1nc(-c2nn(C(c3ccccc3)(c3ccccc3)c3ccccc3)c3ncc(F)cc23)ncc1F. The molecule has 246 valence electrons. The minimum Gasteiger partial charge on any atom is -0.469 e. The van der Waals surface area contributed by atoms with Crippen LogP contribution in [0.5, 0.6) is 0 Å². The number of aromatic nitrogens is 5. The van der Waals surface area contributed by atoms with E-state index in [1.165, 1.54) is 19.4 Å². The van der Waals surface area contributed by atoms with Crippen molar-refractivity contribution in [2.24, 2.45) is 17.8 Å². The number of hydrogen-bond donors (Lipinski definition) is 1. The number of halogens is 2. The molecule has 3 fully saturated rings. The van der Waals surface area contributed by atoms with Crippen LogP contribution in [0.2, 0.25) is 0 Å². The van der Waals surface area contributed by atoms with E-state index in [0.29, 0.717) is 11.0 Å². The molecule has 0 saturated heterocycles. The molecule has 0 amide bonds. The summed E-state index contributed by atoms with van der Waals surface area (Å²) in [5, 5.41) is 8.80. The lowest BCUT2D eigenvalue weighted by Gasteiger charge is -2.47. The number of pyridine rings is 1. The van der Waals surface area contributed by atoms with Crippen molar-refractivity contribution in [3.05, 3.63) is 138 Å². The molecule has 49 heavy (non-hydrogen) atoms. The fourth-order valence-electron chi connectivity index (χ4n) is 8.15. The lowest BCUT2D eigenvalue weighted by atomic mass is 9.61. The van der Waals surface area contributed by atoms with Crippen LogP contribution < -0.4 is 5.32 Å². The average Bonchev–Trinajstić information content (AvgIpc) is 3.53. The van der Waals surface area contributed by atoms with Crippen LogP contribution in [0.3, 0.4) is 0 Å². The monoisotopic (exact) mass is 656 g/mol. The smallest absolute Gasteiger partial charge is 0.311 e. The molecule has 2 bridgehead atoms. The van der Waals surface area contributed by atoms with E-state index in [4.69, 9.17) is 9.84 Å². The van der Waals surface area contributed by atoms with Crippen molar-refractivity contribution in [1.29, 1.82) is 0 Å². The molecule has 3 aliphatic rings. The van der Waals surface area contributed by atoms with Gasteiger partial charge in [0.1, 0.15) is 17.1 Å². The minimum atomic E-state index is -1.05. The second-order valence-corrected chi connectivity index (χ2v) is 12.9. The molecule has 3 aromatic heterocycles. The van der Waals surface area contributed by atoms with Gasteiger partial charge in [-0.25, -0.2) is 28.4 Å². The van der Waals surface area contributed by atoms with Gasteiger partial charge in [-0.15, -0.1) is 0 Å². The Morgan fingerprint density at radius 3 is 1.96 bits per heavy atom. The predicted octanol–water partition coefficient (Wildman–Crippen LogP) is 7.40. The summed E-state index contributed by atoms with van der Waals surface area (Å²) in [6, 6.07) is 30.9. The van der Waals surface area contributed by atoms with Crippen molar-refractivity contribution >= 4 is 22.8 Å². The molecule has 2 atom stereocenters. The normalized spacial score (nSPS) is 20.3. The van der Waals surface area contributed by atoms with Gasteiger partial charge in [-0.1, -0.05) is 91.0 Å². The maximum absolute atomic E-state index is 15.5. The van der Waals surface area contributed by atoms with Gasteiger partial charge in [-0.3, -0.25) is 4.79 Å². The second kappa shape index (κ2) is 12.5. The molecule has 1 N–H and O–H groups in total. The third-order valence-corrected chi connectivity index (χ3v) is 10.3. The van der Waals surface area contributed by atoms with Gasteiger partial charge in [0.05, 0.1) is 30.8 Å². The minimum absolute atomic E-state index is 0.0380. The summed E-state index contributed by atoms with van der Waals surface area (Å²) in [6.07, 6.45) is 6.02. The number of fused-ring (bicyclic) bond motifs is 4. The summed E-state index contributed by atoms with van der Waals surface area (Å²) in [5.41, 5.74) is 2.29. The number of methoxy groups -OCH3 is 1. The molecule has 9 rings (SSSR count). The Balaban J connectivity index is 1.33. The van der Waals surface area contributed by atoms with Crippen molar-refractivity contribution in [2.45, 2.75) is 37.3 Å². The largest absolute Gasteiger partial charge is 0.469 e. The quantitative estimate of drug-likeness (QED) is 0.135. The summed E-state index contributed by atoms with van der Waals surface area (Å²) >= 11 is 0. The molecule has 3 aromatic carbocycles. The maximum Gasteiger partial charge on any atom is 0.311 e. The Hall–Kier alpha value is -5.51. The number of esters is 1. The number of ether oxygens (including phenoxy) is 1. The zero-order valence-corrected chi connectivity index (χ0v) is 26.8. The fourth-order valence-corrected chi connectivity index (χ4v) is 8.15. The molecule has 3 heterocycles. The van der Waals surface area contributed by atoms with Gasteiger partial charge in [0, 0.05) is 6.04 Å². The first-order valence-corrected chi connectivity index (χ1v) is 16.6. The molecular weight excluding hydrogens is 622 g/mol. The Kier molecular flexibility index (Phi) is 7.86. The number of anilines is 1. The number of nitrogens with one attached hydrogen (secondary N) is 1. The van der Waals surface area contributed by atoms with Crippen LogP contribution in [0.25, 0.3) is 22.6 Å². The van der Waals surface area contributed by atoms with E-state index < -0.39 is 23.1 Å². The average molecular weight is 657 g/mol. The lowest BCUT2D eigenvalue weighted by Crippen LogP contribution is -2.52. The lowest BCUT2D eigenvalue weighted by molar-refractivity contribution is -0.152. The predicted molar refractivity (Wildman–Crippen MR) is 181 cm³/mol. The van der Waals surface area contributed by atoms with Gasteiger partial charge in [-0.05, 0) is 60.3 Å². The summed E-state index contributed by atoms with van der Waals surface area (Å²) < 4.78 is 37.5. The van der Waals surface area contributed by atoms with Crippen LogP contribution in [-0.4, -0.2) is 43.9 Å². The first-order chi connectivity index (χ1) is 24.0. The number of rotatable bonds is 8. The summed E-state index contributed by atoms with van der Waals surface area (Å²) in [6.45, 7) is 0. The van der Waals surface area contributed by atoms with Gasteiger partial charge in [0.2, 0.25) is 0 Å². The zero-order valence-electron chi connectivity index (χ0n) is 26.8. The highest BCUT2D eigenvalue weighted by Crippen LogP contribution is 2.47. The van der Waals surface area contributed by atoms with E-state index in [9.17, 15) is 4.79 Å². The summed E-state index contributed by atoms with van der Waals surface area (Å²) in [4.78, 5) is 26.5. The van der Waals surface area contributed by atoms with Crippen LogP contribution in [0, 0.1) is 29.4 Å². The molecule has 0 radical (unpaired) electrons. The number of benzene rings is 3. The van der Waals surface area contributed by atoms with Crippen LogP contribution in [-0.2, 0) is 15.1 Å². The first kappa shape index (κ1) is 30.8. The molecule has 0 spiro atoms. The topological polar surface area (TPSA) is 94.8 Å². The third kappa shape index (κ3) is 5.13. The number of carbonyl (C=O) groups is 1. The van der Waals surface area contributed by atoms with E-state index in [1.807, 2.05) is 91.0 Å². The van der Waals surface area contributed by atoms with E-state index in [0.717, 1.165) is 48.6 Å². The van der Waals surface area contributed by atoms with E-state index in [1.54, 1.807) is 4.68 Å². The van der Waals surface area contributed by atoms with E-state index in [-0.39, 0.29) is 41.2 Å². The molecule has 8 nitrogen and oxygen atoms in total. The summed E-state index contributed by atoms with van der Waals surface area (Å²) in [7, 11) is 1.39. The van der Waals surface area contributed by atoms with E-state index in [2.05, 4.69) is 20.3 Å². The highest BCUT2D eigenvalue weighted by Gasteiger charge is 2.48. The number of carbonyl (C=O) groups excluding carboxylic acids is 1. The van der Waals surface area contributed by atoms with Crippen LogP contribution in [0.4, 0.5) is 14.6 Å². The zero-order chi connectivity index (χ0) is 33.5. The van der Waals surface area contributed by atoms with Crippen molar-refractivity contribution in [3.8, 4) is 11.5 Å². The Morgan fingerprint density at radius 2 is 1.39 bits per heavy atom.